The molecule has 0 N–H and O–H groups in total. The predicted molar refractivity (Wildman–Crippen MR) is 118 cm³/mol. The molecule has 0 spiro atoms. The van der Waals surface area contributed by atoms with Crippen LogP contribution < -0.4 is 19.8 Å². The Labute approximate surface area is 185 Å². The second-order valence-electron chi connectivity index (χ2n) is 7.09. The van der Waals surface area contributed by atoms with Crippen LogP contribution in [-0.4, -0.2) is 29.4 Å². The van der Waals surface area contributed by atoms with Gasteiger partial charge in [0.05, 0.1) is 23.6 Å². The SMILES string of the molecule is CCOc1nc2c(cc(-c3ccc4c(c3)CCO4)c(=O)n2-c2ccc(OC(F)F)cc2)s1. The van der Waals surface area contributed by atoms with Crippen molar-refractivity contribution in [1.82, 2.24) is 9.55 Å². The number of hydrogen-bond donors (Lipinski definition) is 0. The molecule has 2 aromatic heterocycles. The van der Waals surface area contributed by atoms with Crippen LogP contribution in [0.4, 0.5) is 8.78 Å². The quantitative estimate of drug-likeness (QED) is 0.406. The van der Waals surface area contributed by atoms with E-state index in [2.05, 4.69) is 9.72 Å². The lowest BCUT2D eigenvalue weighted by Crippen LogP contribution is -2.20. The number of nitrogens with zero attached hydrogens (tertiary/aromatic N) is 2. The molecule has 0 fully saturated rings. The molecule has 0 saturated heterocycles. The van der Waals surface area contributed by atoms with E-state index in [4.69, 9.17) is 9.47 Å². The fraction of sp³-hybridized carbons (Fsp3) is 0.217. The summed E-state index contributed by atoms with van der Waals surface area (Å²) in [5.41, 5.74) is 3.00. The average molecular weight is 456 g/mol. The van der Waals surface area contributed by atoms with Gasteiger partial charge in [-0.1, -0.05) is 17.4 Å². The first kappa shape index (κ1) is 20.4. The average Bonchev–Trinajstić information content (AvgIpc) is 3.40. The van der Waals surface area contributed by atoms with Crippen molar-refractivity contribution in [3.05, 3.63) is 64.4 Å². The van der Waals surface area contributed by atoms with E-state index in [1.807, 2.05) is 31.2 Å². The van der Waals surface area contributed by atoms with E-state index < -0.39 is 6.61 Å². The zero-order valence-electron chi connectivity index (χ0n) is 17.0. The summed E-state index contributed by atoms with van der Waals surface area (Å²) < 4.78 is 42.8. The van der Waals surface area contributed by atoms with Crippen LogP contribution in [0.2, 0.25) is 0 Å². The minimum absolute atomic E-state index is 0.0103. The molecule has 0 bridgehead atoms. The highest BCUT2D eigenvalue weighted by molar-refractivity contribution is 7.20. The summed E-state index contributed by atoms with van der Waals surface area (Å²) >= 11 is 1.34. The summed E-state index contributed by atoms with van der Waals surface area (Å²) in [7, 11) is 0. The van der Waals surface area contributed by atoms with Crippen molar-refractivity contribution in [2.45, 2.75) is 20.0 Å². The van der Waals surface area contributed by atoms with Crippen molar-refractivity contribution in [2.75, 3.05) is 13.2 Å². The molecule has 0 saturated carbocycles. The number of rotatable bonds is 6. The van der Waals surface area contributed by atoms with Crippen molar-refractivity contribution in [1.29, 1.82) is 0 Å². The number of alkyl halides is 2. The first-order chi connectivity index (χ1) is 15.5. The second-order valence-corrected chi connectivity index (χ2v) is 8.09. The Morgan fingerprint density at radius 2 is 2.00 bits per heavy atom. The van der Waals surface area contributed by atoms with E-state index in [0.29, 0.717) is 35.3 Å². The monoisotopic (exact) mass is 456 g/mol. The van der Waals surface area contributed by atoms with Crippen molar-refractivity contribution in [3.63, 3.8) is 0 Å². The highest BCUT2D eigenvalue weighted by atomic mass is 32.1. The maximum atomic E-state index is 13.6. The molecule has 2 aromatic carbocycles. The molecule has 4 aromatic rings. The third kappa shape index (κ3) is 3.69. The number of halogens is 2. The van der Waals surface area contributed by atoms with Gasteiger partial charge in [0.2, 0.25) is 0 Å². The largest absolute Gasteiger partial charge is 0.493 e. The summed E-state index contributed by atoms with van der Waals surface area (Å²) in [4.78, 5) is 18.1. The standard InChI is InChI=1S/C23H18F2N2O4S/c1-2-29-23-26-20-19(32-23)12-17(13-3-8-18-14(11-13)9-10-30-18)21(28)27(20)15-4-6-16(7-5-15)31-22(24)25/h3-8,11-12,22H,2,9-10H2,1H3. The molecule has 0 radical (unpaired) electrons. The minimum atomic E-state index is -2.92. The molecule has 5 rings (SSSR count). The van der Waals surface area contributed by atoms with E-state index in [-0.39, 0.29) is 11.3 Å². The van der Waals surface area contributed by atoms with Crippen LogP contribution in [0.5, 0.6) is 16.7 Å². The molecule has 164 valence electrons. The normalized spacial score (nSPS) is 12.8. The third-order valence-corrected chi connectivity index (χ3v) is 6.03. The summed E-state index contributed by atoms with van der Waals surface area (Å²) in [6, 6.07) is 13.4. The highest BCUT2D eigenvalue weighted by Gasteiger charge is 2.19. The number of hydrogen-bond acceptors (Lipinski definition) is 6. The summed E-state index contributed by atoms with van der Waals surface area (Å²) in [6.07, 6.45) is 0.792. The topological polar surface area (TPSA) is 62.6 Å². The molecule has 0 aliphatic carbocycles. The Balaban J connectivity index is 1.69. The number of ether oxygens (including phenoxy) is 3. The Morgan fingerprint density at radius 1 is 1.19 bits per heavy atom. The molecule has 1 aliphatic rings. The Morgan fingerprint density at radius 3 is 2.75 bits per heavy atom. The third-order valence-electron chi connectivity index (χ3n) is 5.12. The van der Waals surface area contributed by atoms with Crippen LogP contribution in [0.1, 0.15) is 12.5 Å². The van der Waals surface area contributed by atoms with Gasteiger partial charge in [-0.3, -0.25) is 9.36 Å². The molecule has 9 heteroatoms. The molecule has 3 heterocycles. The maximum absolute atomic E-state index is 13.6. The van der Waals surface area contributed by atoms with Gasteiger partial charge in [-0.25, -0.2) is 0 Å². The number of thiazole rings is 1. The number of fused-ring (bicyclic) bond motifs is 2. The molecular weight excluding hydrogens is 438 g/mol. The molecule has 0 amide bonds. The van der Waals surface area contributed by atoms with E-state index in [1.54, 1.807) is 12.1 Å². The summed E-state index contributed by atoms with van der Waals surface area (Å²) in [6.45, 7) is 0.0109. The van der Waals surface area contributed by atoms with Gasteiger partial charge in [0, 0.05) is 12.0 Å². The first-order valence-electron chi connectivity index (χ1n) is 10.0. The summed E-state index contributed by atoms with van der Waals surface area (Å²) in [5, 5.41) is 0.452. The van der Waals surface area contributed by atoms with Crippen molar-refractivity contribution in [3.8, 4) is 33.5 Å². The van der Waals surface area contributed by atoms with Gasteiger partial charge in [-0.15, -0.1) is 0 Å². The van der Waals surface area contributed by atoms with Gasteiger partial charge in [0.25, 0.3) is 10.8 Å². The van der Waals surface area contributed by atoms with E-state index in [1.165, 1.54) is 28.0 Å². The Hall–Kier alpha value is -3.46. The van der Waals surface area contributed by atoms with Crippen LogP contribution >= 0.6 is 11.3 Å². The van der Waals surface area contributed by atoms with Gasteiger partial charge in [-0.05, 0) is 60.5 Å². The zero-order valence-corrected chi connectivity index (χ0v) is 17.8. The lowest BCUT2D eigenvalue weighted by Gasteiger charge is -2.12. The second kappa shape index (κ2) is 8.23. The Kier molecular flexibility index (Phi) is 5.26. The zero-order chi connectivity index (χ0) is 22.2. The van der Waals surface area contributed by atoms with Crippen LogP contribution in [0.15, 0.2) is 53.3 Å². The van der Waals surface area contributed by atoms with E-state index in [0.717, 1.165) is 28.0 Å². The first-order valence-corrected chi connectivity index (χ1v) is 10.9. The highest BCUT2D eigenvalue weighted by Crippen LogP contribution is 2.34. The molecule has 1 aliphatic heterocycles. The maximum Gasteiger partial charge on any atom is 0.387 e. The molecule has 32 heavy (non-hydrogen) atoms. The van der Waals surface area contributed by atoms with Crippen molar-refractivity contribution < 1.29 is 23.0 Å². The molecule has 6 nitrogen and oxygen atoms in total. The number of benzene rings is 2. The van der Waals surface area contributed by atoms with Gasteiger partial charge in [-0.2, -0.15) is 13.8 Å². The molecule has 0 unspecified atom stereocenters. The van der Waals surface area contributed by atoms with Gasteiger partial charge >= 0.3 is 6.61 Å². The van der Waals surface area contributed by atoms with Crippen molar-refractivity contribution >= 4 is 21.7 Å². The van der Waals surface area contributed by atoms with Gasteiger partial charge < -0.3 is 14.2 Å². The number of aromatic nitrogens is 2. The summed E-state index contributed by atoms with van der Waals surface area (Å²) in [5.74, 6) is 0.845. The van der Waals surface area contributed by atoms with Crippen LogP contribution in [-0.2, 0) is 6.42 Å². The lowest BCUT2D eigenvalue weighted by atomic mass is 10.0. The van der Waals surface area contributed by atoms with Crippen molar-refractivity contribution in [2.24, 2.45) is 0 Å². The lowest BCUT2D eigenvalue weighted by molar-refractivity contribution is -0.0498. The van der Waals surface area contributed by atoms with E-state index >= 15 is 0 Å². The fourth-order valence-corrected chi connectivity index (χ4v) is 4.63. The fourth-order valence-electron chi connectivity index (χ4n) is 3.73. The smallest absolute Gasteiger partial charge is 0.387 e. The van der Waals surface area contributed by atoms with Gasteiger partial charge in [0.1, 0.15) is 11.5 Å². The van der Waals surface area contributed by atoms with Crippen LogP contribution in [0.3, 0.4) is 0 Å². The van der Waals surface area contributed by atoms with Gasteiger partial charge in [0.15, 0.2) is 5.65 Å². The Bertz CT molecular complexity index is 1350. The predicted octanol–water partition coefficient (Wildman–Crippen LogP) is 5.05. The molecular formula is C23H18F2N2O4S. The number of pyridine rings is 1. The van der Waals surface area contributed by atoms with E-state index in [9.17, 15) is 13.6 Å². The van der Waals surface area contributed by atoms with Crippen LogP contribution in [0.25, 0.3) is 27.2 Å². The van der Waals surface area contributed by atoms with Crippen LogP contribution in [0, 0.1) is 0 Å². The molecule has 0 atom stereocenters. The minimum Gasteiger partial charge on any atom is -0.493 e.